The Morgan fingerprint density at radius 3 is 2.38 bits per heavy atom. The van der Waals surface area contributed by atoms with Crippen molar-refractivity contribution in [2.45, 2.75) is 6.92 Å². The average molecular weight is 648 g/mol. The molecule has 8 nitrogen and oxygen atoms in total. The number of amides is 5. The van der Waals surface area contributed by atoms with Gasteiger partial charge < -0.3 is 10.1 Å². The molecule has 4 rings (SSSR count). The van der Waals surface area contributed by atoms with Crippen molar-refractivity contribution < 1.29 is 23.9 Å². The third kappa shape index (κ3) is 6.10. The number of carbonyl (C=O) groups is 4. The second kappa shape index (κ2) is 11.3. The molecule has 2 N–H and O–H groups in total. The standard InChI is InChI=1S/C26H18Br2ClN3O5/c1-14-7-8-17(12-21(14)29)32-25(35)18(24(34)31-26(32)36)9-15-10-19(27)23(20(28)11-15)37-13-22(33)30-16-5-3-2-4-6-16/h2-12H,13H2,1H3,(H,30,33)(H,31,34,36)/b18-9+. The van der Waals surface area contributed by atoms with E-state index in [1.807, 2.05) is 6.07 Å². The van der Waals surface area contributed by atoms with Crippen molar-refractivity contribution in [1.82, 2.24) is 5.32 Å². The number of urea groups is 1. The fraction of sp³-hybridized carbons (Fsp3) is 0.0769. The molecule has 0 radical (unpaired) electrons. The predicted octanol–water partition coefficient (Wildman–Crippen LogP) is 5.86. The first-order valence-electron chi connectivity index (χ1n) is 10.8. The third-order valence-corrected chi connectivity index (χ3v) is 6.84. The Hall–Kier alpha value is -3.47. The lowest BCUT2D eigenvalue weighted by Crippen LogP contribution is -2.54. The lowest BCUT2D eigenvalue weighted by Gasteiger charge is -2.26. The van der Waals surface area contributed by atoms with Crippen LogP contribution in [0.2, 0.25) is 5.02 Å². The molecule has 0 bridgehead atoms. The molecule has 5 amide bonds. The first-order valence-corrected chi connectivity index (χ1v) is 12.7. The number of imide groups is 2. The van der Waals surface area contributed by atoms with E-state index in [0.717, 1.165) is 10.5 Å². The molecule has 1 fully saturated rings. The normalized spacial score (nSPS) is 14.5. The zero-order valence-corrected chi connectivity index (χ0v) is 23.1. The van der Waals surface area contributed by atoms with Crippen molar-refractivity contribution in [3.05, 3.63) is 91.3 Å². The monoisotopic (exact) mass is 645 g/mol. The zero-order chi connectivity index (χ0) is 26.7. The molecule has 1 aliphatic rings. The van der Waals surface area contributed by atoms with Gasteiger partial charge in [0, 0.05) is 10.7 Å². The quantitative estimate of drug-likeness (QED) is 0.258. The number of halogens is 3. The molecule has 1 aliphatic heterocycles. The van der Waals surface area contributed by atoms with Crippen LogP contribution in [0.5, 0.6) is 5.75 Å². The summed E-state index contributed by atoms with van der Waals surface area (Å²) in [5.74, 6) is -1.61. The minimum absolute atomic E-state index is 0.233. The van der Waals surface area contributed by atoms with Gasteiger partial charge in [-0.05, 0) is 92.4 Å². The highest BCUT2D eigenvalue weighted by molar-refractivity contribution is 9.11. The van der Waals surface area contributed by atoms with Crippen LogP contribution in [-0.2, 0) is 14.4 Å². The number of anilines is 2. The van der Waals surface area contributed by atoms with Crippen molar-refractivity contribution >= 4 is 84.7 Å². The van der Waals surface area contributed by atoms with Crippen LogP contribution in [0.1, 0.15) is 11.1 Å². The first-order chi connectivity index (χ1) is 17.6. The highest BCUT2D eigenvalue weighted by Crippen LogP contribution is 2.36. The van der Waals surface area contributed by atoms with Crippen LogP contribution < -0.4 is 20.3 Å². The number of nitrogens with zero attached hydrogens (tertiary/aromatic N) is 1. The molecular weight excluding hydrogens is 630 g/mol. The molecule has 0 spiro atoms. The van der Waals surface area contributed by atoms with Gasteiger partial charge in [-0.15, -0.1) is 0 Å². The molecular formula is C26H18Br2ClN3O5. The molecule has 1 saturated heterocycles. The van der Waals surface area contributed by atoms with E-state index in [4.69, 9.17) is 16.3 Å². The number of nitrogens with one attached hydrogen (secondary N) is 2. The summed E-state index contributed by atoms with van der Waals surface area (Å²) in [7, 11) is 0. The van der Waals surface area contributed by atoms with Crippen molar-refractivity contribution in [2.75, 3.05) is 16.8 Å². The fourth-order valence-electron chi connectivity index (χ4n) is 3.44. The van der Waals surface area contributed by atoms with E-state index in [0.29, 0.717) is 31.0 Å². The van der Waals surface area contributed by atoms with Crippen LogP contribution in [-0.4, -0.2) is 30.4 Å². The van der Waals surface area contributed by atoms with Crippen molar-refractivity contribution in [3.63, 3.8) is 0 Å². The van der Waals surface area contributed by atoms with Crippen LogP contribution in [0.25, 0.3) is 6.08 Å². The summed E-state index contributed by atoms with van der Waals surface area (Å²) < 4.78 is 6.61. The second-order valence-electron chi connectivity index (χ2n) is 7.91. The third-order valence-electron chi connectivity index (χ3n) is 5.25. The van der Waals surface area contributed by atoms with Gasteiger partial charge in [0.05, 0.1) is 14.6 Å². The molecule has 0 aliphatic carbocycles. The van der Waals surface area contributed by atoms with Crippen LogP contribution >= 0.6 is 43.5 Å². The lowest BCUT2D eigenvalue weighted by molar-refractivity contribution is -0.122. The molecule has 3 aromatic rings. The Balaban J connectivity index is 1.54. The van der Waals surface area contributed by atoms with E-state index in [-0.39, 0.29) is 23.8 Å². The van der Waals surface area contributed by atoms with E-state index in [9.17, 15) is 19.2 Å². The number of para-hydroxylation sites is 1. The van der Waals surface area contributed by atoms with Gasteiger partial charge in [-0.25, -0.2) is 9.69 Å². The number of hydrogen-bond acceptors (Lipinski definition) is 5. The summed E-state index contributed by atoms with van der Waals surface area (Å²) in [5, 5.41) is 5.28. The number of aryl methyl sites for hydroxylation is 1. The van der Waals surface area contributed by atoms with Gasteiger partial charge in [-0.3, -0.25) is 19.7 Å². The minimum Gasteiger partial charge on any atom is -0.481 e. The Bertz CT molecular complexity index is 1440. The van der Waals surface area contributed by atoms with Gasteiger partial charge in [0.1, 0.15) is 11.3 Å². The van der Waals surface area contributed by atoms with Gasteiger partial charge in [0.2, 0.25) is 0 Å². The van der Waals surface area contributed by atoms with Gasteiger partial charge in [0.25, 0.3) is 17.7 Å². The predicted molar refractivity (Wildman–Crippen MR) is 148 cm³/mol. The maximum Gasteiger partial charge on any atom is 0.335 e. The van der Waals surface area contributed by atoms with E-state index < -0.39 is 17.8 Å². The second-order valence-corrected chi connectivity index (χ2v) is 10.0. The number of barbiturate groups is 1. The van der Waals surface area contributed by atoms with E-state index >= 15 is 0 Å². The maximum atomic E-state index is 13.2. The van der Waals surface area contributed by atoms with Gasteiger partial charge in [0.15, 0.2) is 6.61 Å². The smallest absolute Gasteiger partial charge is 0.335 e. The Morgan fingerprint density at radius 1 is 1.05 bits per heavy atom. The topological polar surface area (TPSA) is 105 Å². The molecule has 37 heavy (non-hydrogen) atoms. The summed E-state index contributed by atoms with van der Waals surface area (Å²) in [6.45, 7) is 1.54. The van der Waals surface area contributed by atoms with Crippen molar-refractivity contribution in [1.29, 1.82) is 0 Å². The number of hydrogen-bond donors (Lipinski definition) is 2. The van der Waals surface area contributed by atoms with Crippen molar-refractivity contribution in [2.24, 2.45) is 0 Å². The average Bonchev–Trinajstić information content (AvgIpc) is 2.84. The molecule has 0 aromatic heterocycles. The highest BCUT2D eigenvalue weighted by Gasteiger charge is 2.37. The molecule has 3 aromatic carbocycles. The maximum absolute atomic E-state index is 13.2. The summed E-state index contributed by atoms with van der Waals surface area (Å²) in [4.78, 5) is 51.2. The van der Waals surface area contributed by atoms with E-state index in [1.54, 1.807) is 55.5 Å². The highest BCUT2D eigenvalue weighted by atomic mass is 79.9. The Labute approximate surface area is 233 Å². The minimum atomic E-state index is -0.869. The summed E-state index contributed by atoms with van der Waals surface area (Å²) >= 11 is 13.0. The van der Waals surface area contributed by atoms with E-state index in [1.165, 1.54) is 12.1 Å². The molecule has 0 unspecified atom stereocenters. The number of carbonyl (C=O) groups excluding carboxylic acids is 4. The Kier molecular flexibility index (Phi) is 8.11. The van der Waals surface area contributed by atoms with Gasteiger partial charge in [-0.1, -0.05) is 35.9 Å². The Morgan fingerprint density at radius 2 is 1.73 bits per heavy atom. The number of ether oxygens (including phenoxy) is 1. The number of benzene rings is 3. The fourth-order valence-corrected chi connectivity index (χ4v) is 5.06. The van der Waals surface area contributed by atoms with Gasteiger partial charge >= 0.3 is 6.03 Å². The molecule has 0 atom stereocenters. The summed E-state index contributed by atoms with van der Waals surface area (Å²) in [5.41, 5.74) is 1.88. The lowest BCUT2D eigenvalue weighted by atomic mass is 10.1. The van der Waals surface area contributed by atoms with E-state index in [2.05, 4.69) is 42.5 Å². The molecule has 11 heteroatoms. The number of rotatable bonds is 6. The van der Waals surface area contributed by atoms with Crippen LogP contribution in [0.3, 0.4) is 0 Å². The van der Waals surface area contributed by atoms with Crippen LogP contribution in [0.4, 0.5) is 16.2 Å². The van der Waals surface area contributed by atoms with Crippen LogP contribution in [0.15, 0.2) is 75.2 Å². The van der Waals surface area contributed by atoms with Crippen molar-refractivity contribution in [3.8, 4) is 5.75 Å². The largest absolute Gasteiger partial charge is 0.481 e. The molecule has 1 heterocycles. The molecule has 188 valence electrons. The first kappa shape index (κ1) is 26.6. The van der Waals surface area contributed by atoms with Crippen LogP contribution in [0, 0.1) is 6.92 Å². The zero-order valence-electron chi connectivity index (χ0n) is 19.2. The van der Waals surface area contributed by atoms with Gasteiger partial charge in [-0.2, -0.15) is 0 Å². The summed E-state index contributed by atoms with van der Waals surface area (Å²) in [6, 6.07) is 16.1. The summed E-state index contributed by atoms with van der Waals surface area (Å²) in [6.07, 6.45) is 1.36. The SMILES string of the molecule is Cc1ccc(N2C(=O)NC(=O)/C(=C\c3cc(Br)c(OCC(=O)Nc4ccccc4)c(Br)c3)C2=O)cc1Cl. The molecule has 0 saturated carbocycles.